The minimum Gasteiger partial charge on any atom is -0.369 e. The summed E-state index contributed by atoms with van der Waals surface area (Å²) in [6.07, 6.45) is 23.1. The standard InChI is InChI=1S/C21H39N3O/c1-2-3-4-5-6-7-8-9-10-11-12-13-14-15-16-17-18-24-19-20(25)23-21(24)22/h9-10H,2-8,11-19H2,1H3,(H2,22,23,25)/b10-9+. The lowest BCUT2D eigenvalue weighted by atomic mass is 10.1. The number of rotatable bonds is 16. The van der Waals surface area contributed by atoms with Crippen molar-refractivity contribution in [3.8, 4) is 0 Å². The van der Waals surface area contributed by atoms with Gasteiger partial charge in [-0.2, -0.15) is 4.99 Å². The molecule has 0 aromatic carbocycles. The first-order valence-corrected chi connectivity index (χ1v) is 10.5. The molecule has 0 saturated heterocycles. The fourth-order valence-corrected chi connectivity index (χ4v) is 3.22. The van der Waals surface area contributed by atoms with Gasteiger partial charge >= 0.3 is 0 Å². The molecule has 0 spiro atoms. The van der Waals surface area contributed by atoms with E-state index in [0.717, 1.165) is 13.0 Å². The van der Waals surface area contributed by atoms with Gasteiger partial charge < -0.3 is 10.6 Å². The van der Waals surface area contributed by atoms with Crippen LogP contribution >= 0.6 is 0 Å². The van der Waals surface area contributed by atoms with E-state index in [0.29, 0.717) is 12.5 Å². The quantitative estimate of drug-likeness (QED) is 0.308. The first-order chi connectivity index (χ1) is 12.2. The van der Waals surface area contributed by atoms with Gasteiger partial charge in [0.1, 0.15) is 6.54 Å². The predicted octanol–water partition coefficient (Wildman–Crippen LogP) is 5.18. The number of allylic oxidation sites excluding steroid dienone is 2. The number of carbonyl (C=O) groups is 1. The second-order valence-corrected chi connectivity index (χ2v) is 7.22. The van der Waals surface area contributed by atoms with Crippen molar-refractivity contribution in [1.29, 1.82) is 0 Å². The highest BCUT2D eigenvalue weighted by atomic mass is 16.2. The van der Waals surface area contributed by atoms with Gasteiger partial charge in [-0.3, -0.25) is 4.79 Å². The Bertz CT molecular complexity index is 404. The van der Waals surface area contributed by atoms with Crippen LogP contribution in [0.3, 0.4) is 0 Å². The van der Waals surface area contributed by atoms with Gasteiger partial charge in [-0.05, 0) is 32.1 Å². The van der Waals surface area contributed by atoms with Crippen molar-refractivity contribution in [3.05, 3.63) is 12.2 Å². The molecule has 1 aliphatic rings. The number of amides is 1. The van der Waals surface area contributed by atoms with Crippen LogP contribution in [0, 0.1) is 0 Å². The Morgan fingerprint density at radius 2 is 1.40 bits per heavy atom. The third kappa shape index (κ3) is 11.8. The van der Waals surface area contributed by atoms with Crippen molar-refractivity contribution < 1.29 is 4.79 Å². The molecule has 1 aliphatic heterocycles. The zero-order valence-corrected chi connectivity index (χ0v) is 16.3. The normalized spacial score (nSPS) is 14.7. The molecule has 1 rings (SSSR count). The lowest BCUT2D eigenvalue weighted by Crippen LogP contribution is -2.34. The predicted molar refractivity (Wildman–Crippen MR) is 108 cm³/mol. The Balaban J connectivity index is 1.78. The van der Waals surface area contributed by atoms with Crippen molar-refractivity contribution in [2.24, 2.45) is 10.7 Å². The van der Waals surface area contributed by atoms with Crippen molar-refractivity contribution in [2.75, 3.05) is 13.1 Å². The van der Waals surface area contributed by atoms with Gasteiger partial charge in [-0.25, -0.2) is 0 Å². The maximum absolute atomic E-state index is 11.1. The van der Waals surface area contributed by atoms with Crippen LogP contribution in [0.15, 0.2) is 17.1 Å². The first kappa shape index (κ1) is 21.7. The maximum atomic E-state index is 11.1. The van der Waals surface area contributed by atoms with Crippen LogP contribution in [-0.2, 0) is 4.79 Å². The minimum atomic E-state index is -0.109. The molecule has 0 aromatic heterocycles. The molecule has 0 aromatic rings. The van der Waals surface area contributed by atoms with Gasteiger partial charge in [0.05, 0.1) is 0 Å². The molecular formula is C21H39N3O. The molecule has 25 heavy (non-hydrogen) atoms. The van der Waals surface area contributed by atoms with E-state index < -0.39 is 0 Å². The molecule has 0 bridgehead atoms. The number of hydrogen-bond donors (Lipinski definition) is 1. The summed E-state index contributed by atoms with van der Waals surface area (Å²) in [6, 6.07) is 0. The van der Waals surface area contributed by atoms with Gasteiger partial charge in [-0.1, -0.05) is 76.9 Å². The summed E-state index contributed by atoms with van der Waals surface area (Å²) in [5.41, 5.74) is 5.68. The van der Waals surface area contributed by atoms with Crippen LogP contribution in [0.4, 0.5) is 0 Å². The molecule has 4 nitrogen and oxygen atoms in total. The number of carbonyl (C=O) groups excluding carboxylic acids is 1. The molecular weight excluding hydrogens is 310 g/mol. The fourth-order valence-electron chi connectivity index (χ4n) is 3.22. The largest absolute Gasteiger partial charge is 0.369 e. The van der Waals surface area contributed by atoms with Gasteiger partial charge in [0, 0.05) is 6.54 Å². The zero-order chi connectivity index (χ0) is 18.2. The molecule has 144 valence electrons. The Morgan fingerprint density at radius 3 is 1.92 bits per heavy atom. The summed E-state index contributed by atoms with van der Waals surface area (Å²) in [7, 11) is 0. The van der Waals surface area contributed by atoms with E-state index >= 15 is 0 Å². The molecule has 0 saturated carbocycles. The van der Waals surface area contributed by atoms with Gasteiger partial charge in [-0.15, -0.1) is 0 Å². The van der Waals surface area contributed by atoms with Gasteiger partial charge in [0.25, 0.3) is 5.91 Å². The van der Waals surface area contributed by atoms with E-state index in [9.17, 15) is 4.79 Å². The lowest BCUT2D eigenvalue weighted by Gasteiger charge is -2.15. The number of hydrogen-bond acceptors (Lipinski definition) is 3. The molecule has 4 heteroatoms. The maximum Gasteiger partial charge on any atom is 0.268 e. The number of guanidine groups is 1. The van der Waals surface area contributed by atoms with E-state index in [1.54, 1.807) is 0 Å². The summed E-state index contributed by atoms with van der Waals surface area (Å²) in [4.78, 5) is 16.7. The Hall–Kier alpha value is -1.32. The highest BCUT2D eigenvalue weighted by Crippen LogP contribution is 2.10. The van der Waals surface area contributed by atoms with Crippen LogP contribution in [0.5, 0.6) is 0 Å². The average Bonchev–Trinajstić information content (AvgIpc) is 2.92. The van der Waals surface area contributed by atoms with Crippen LogP contribution < -0.4 is 5.73 Å². The fraction of sp³-hybridized carbons (Fsp3) is 0.810. The van der Waals surface area contributed by atoms with E-state index in [4.69, 9.17) is 5.73 Å². The smallest absolute Gasteiger partial charge is 0.268 e. The number of nitrogens with two attached hydrogens (primary N) is 1. The highest BCUT2D eigenvalue weighted by molar-refractivity contribution is 5.99. The molecule has 0 fully saturated rings. The van der Waals surface area contributed by atoms with Gasteiger partial charge in [0.15, 0.2) is 5.96 Å². The first-order valence-electron chi connectivity index (χ1n) is 10.5. The molecule has 0 aliphatic carbocycles. The topological polar surface area (TPSA) is 58.7 Å². The van der Waals surface area contributed by atoms with Crippen LogP contribution in [0.1, 0.15) is 96.8 Å². The number of nitrogens with zero attached hydrogens (tertiary/aromatic N) is 2. The van der Waals surface area contributed by atoms with E-state index in [1.807, 2.05) is 4.90 Å². The van der Waals surface area contributed by atoms with E-state index in [1.165, 1.54) is 83.5 Å². The lowest BCUT2D eigenvalue weighted by molar-refractivity contribution is -0.117. The summed E-state index contributed by atoms with van der Waals surface area (Å²) in [6.45, 7) is 3.51. The molecule has 0 radical (unpaired) electrons. The second-order valence-electron chi connectivity index (χ2n) is 7.22. The number of unbranched alkanes of at least 4 members (excludes halogenated alkanes) is 12. The van der Waals surface area contributed by atoms with Crippen molar-refractivity contribution in [3.63, 3.8) is 0 Å². The van der Waals surface area contributed by atoms with Crippen LogP contribution in [-0.4, -0.2) is 29.9 Å². The molecule has 0 atom stereocenters. The third-order valence-corrected chi connectivity index (χ3v) is 4.83. The van der Waals surface area contributed by atoms with E-state index in [-0.39, 0.29) is 5.91 Å². The highest BCUT2D eigenvalue weighted by Gasteiger charge is 2.19. The average molecular weight is 350 g/mol. The summed E-state index contributed by atoms with van der Waals surface area (Å²) in [5.74, 6) is 0.291. The van der Waals surface area contributed by atoms with Crippen LogP contribution in [0.2, 0.25) is 0 Å². The number of aliphatic imine (C=N–C) groups is 1. The van der Waals surface area contributed by atoms with Crippen molar-refractivity contribution >= 4 is 11.9 Å². The second kappa shape index (κ2) is 15.0. The SMILES string of the molecule is CCCCCCCC/C=C/CCCCCCCCN1CC(=O)N=C1N. The Kier molecular flexibility index (Phi) is 13.0. The van der Waals surface area contributed by atoms with E-state index in [2.05, 4.69) is 24.1 Å². The summed E-state index contributed by atoms with van der Waals surface area (Å²) < 4.78 is 0. The Labute approximate surface area is 154 Å². The monoisotopic (exact) mass is 349 g/mol. The molecule has 1 heterocycles. The minimum absolute atomic E-state index is 0.109. The zero-order valence-electron chi connectivity index (χ0n) is 16.3. The summed E-state index contributed by atoms with van der Waals surface area (Å²) >= 11 is 0. The Morgan fingerprint density at radius 1 is 0.880 bits per heavy atom. The molecule has 2 N–H and O–H groups in total. The van der Waals surface area contributed by atoms with Gasteiger partial charge in [0.2, 0.25) is 0 Å². The van der Waals surface area contributed by atoms with Crippen molar-refractivity contribution in [2.45, 2.75) is 96.8 Å². The third-order valence-electron chi connectivity index (χ3n) is 4.83. The van der Waals surface area contributed by atoms with Crippen LogP contribution in [0.25, 0.3) is 0 Å². The molecule has 1 amide bonds. The molecule has 0 unspecified atom stereocenters. The van der Waals surface area contributed by atoms with Crippen molar-refractivity contribution in [1.82, 2.24) is 4.90 Å². The summed E-state index contributed by atoms with van der Waals surface area (Å²) in [5, 5.41) is 0.